The lowest BCUT2D eigenvalue weighted by Gasteiger charge is -2.22. The first-order chi connectivity index (χ1) is 11.1. The van der Waals surface area contributed by atoms with E-state index in [0.29, 0.717) is 0 Å². The van der Waals surface area contributed by atoms with E-state index < -0.39 is 0 Å². The van der Waals surface area contributed by atoms with Gasteiger partial charge in [0.1, 0.15) is 5.65 Å². The van der Waals surface area contributed by atoms with Crippen LogP contribution in [0.4, 0.5) is 5.69 Å². The van der Waals surface area contributed by atoms with Crippen LogP contribution < -0.4 is 4.90 Å². The Labute approximate surface area is 155 Å². The number of imidazole rings is 1. The lowest BCUT2D eigenvalue weighted by Crippen LogP contribution is -2.18. The van der Waals surface area contributed by atoms with Crippen LogP contribution in [0.2, 0.25) is 0 Å². The molecule has 1 aliphatic heterocycles. The van der Waals surface area contributed by atoms with Gasteiger partial charge in [0.05, 0.1) is 23.0 Å². The summed E-state index contributed by atoms with van der Waals surface area (Å²) >= 11 is 8.87. The van der Waals surface area contributed by atoms with E-state index in [4.69, 9.17) is 4.98 Å². The highest BCUT2D eigenvalue weighted by Gasteiger charge is 2.24. The van der Waals surface area contributed by atoms with E-state index >= 15 is 0 Å². The van der Waals surface area contributed by atoms with E-state index in [1.807, 2.05) is 23.9 Å². The summed E-state index contributed by atoms with van der Waals surface area (Å²) in [5.74, 6) is 0.914. The fourth-order valence-electron chi connectivity index (χ4n) is 2.79. The summed E-state index contributed by atoms with van der Waals surface area (Å²) in [4.78, 5) is 7.03. The number of anilines is 1. The number of rotatable bonds is 2. The molecule has 0 N–H and O–H groups in total. The highest BCUT2D eigenvalue weighted by Crippen LogP contribution is 2.37. The molecule has 6 heteroatoms. The lowest BCUT2D eigenvalue weighted by atomic mass is 10.2. The first kappa shape index (κ1) is 15.3. The molecule has 3 nitrogen and oxygen atoms in total. The van der Waals surface area contributed by atoms with Gasteiger partial charge in [0, 0.05) is 20.8 Å². The van der Waals surface area contributed by atoms with Crippen molar-refractivity contribution in [2.45, 2.75) is 6.92 Å². The Hall–Kier alpha value is -1.24. The summed E-state index contributed by atoms with van der Waals surface area (Å²) in [5, 5.41) is 2.22. The van der Waals surface area contributed by atoms with Gasteiger partial charge in [-0.25, -0.2) is 4.98 Å². The quantitative estimate of drug-likeness (QED) is 0.501. The molecule has 23 heavy (non-hydrogen) atoms. The number of nitrogens with zero attached hydrogens (tertiary/aromatic N) is 3. The Kier molecular flexibility index (Phi) is 3.99. The van der Waals surface area contributed by atoms with Gasteiger partial charge in [0.15, 0.2) is 0 Å². The van der Waals surface area contributed by atoms with Crippen molar-refractivity contribution in [1.29, 1.82) is 0 Å². The number of hydrogen-bond donors (Lipinski definition) is 0. The van der Waals surface area contributed by atoms with Crippen LogP contribution in [0.3, 0.4) is 0 Å². The second kappa shape index (κ2) is 6.00. The fraction of sp³-hybridized carbons (Fsp3) is 0.118. The van der Waals surface area contributed by atoms with Gasteiger partial charge in [0.25, 0.3) is 0 Å². The molecule has 0 spiro atoms. The predicted molar refractivity (Wildman–Crippen MR) is 105 cm³/mol. The molecule has 4 rings (SSSR count). The summed E-state index contributed by atoms with van der Waals surface area (Å²) < 4.78 is 4.29. The number of thioether (sulfide) groups is 1. The van der Waals surface area contributed by atoms with Crippen molar-refractivity contribution in [3.63, 3.8) is 0 Å². The Morgan fingerprint density at radius 2 is 1.78 bits per heavy atom. The maximum absolute atomic E-state index is 4.70. The van der Waals surface area contributed by atoms with Crippen LogP contribution in [0.5, 0.6) is 0 Å². The first-order valence-electron chi connectivity index (χ1n) is 7.13. The van der Waals surface area contributed by atoms with Crippen LogP contribution in [0.15, 0.2) is 56.9 Å². The second-order valence-corrected chi connectivity index (χ2v) is 7.98. The summed E-state index contributed by atoms with van der Waals surface area (Å²) in [6, 6.07) is 12.5. The summed E-state index contributed by atoms with van der Waals surface area (Å²) in [5.41, 5.74) is 5.54. The number of hydrogen-bond acceptors (Lipinski definition) is 3. The van der Waals surface area contributed by atoms with E-state index in [9.17, 15) is 0 Å². The molecule has 0 bridgehead atoms. The fourth-order valence-corrected chi connectivity index (χ4v) is 4.30. The van der Waals surface area contributed by atoms with Crippen LogP contribution in [-0.4, -0.2) is 15.3 Å². The minimum atomic E-state index is 0.914. The Bertz CT molecular complexity index is 915. The second-order valence-electron chi connectivity index (χ2n) is 5.32. The molecule has 0 saturated carbocycles. The van der Waals surface area contributed by atoms with Crippen molar-refractivity contribution in [1.82, 2.24) is 9.38 Å². The van der Waals surface area contributed by atoms with E-state index in [0.717, 1.165) is 31.9 Å². The molecule has 2 aromatic heterocycles. The first-order valence-corrected chi connectivity index (χ1v) is 9.76. The average molecular weight is 451 g/mol. The van der Waals surface area contributed by atoms with Crippen LogP contribution in [0, 0.1) is 6.92 Å². The maximum atomic E-state index is 4.70. The van der Waals surface area contributed by atoms with E-state index in [2.05, 4.69) is 84.0 Å². The smallest absolute Gasteiger partial charge is 0.137 e. The number of aryl methyl sites for hydroxylation is 1. The van der Waals surface area contributed by atoms with Crippen molar-refractivity contribution >= 4 is 60.7 Å². The van der Waals surface area contributed by atoms with Gasteiger partial charge in [-0.3, -0.25) is 4.40 Å². The highest BCUT2D eigenvalue weighted by atomic mass is 79.9. The van der Waals surface area contributed by atoms with E-state index in [1.54, 1.807) is 0 Å². The Morgan fingerprint density at radius 1 is 1.04 bits per heavy atom. The van der Waals surface area contributed by atoms with Crippen LogP contribution in [0.1, 0.15) is 11.4 Å². The Morgan fingerprint density at radius 3 is 2.57 bits per heavy atom. The van der Waals surface area contributed by atoms with Gasteiger partial charge >= 0.3 is 0 Å². The number of halogens is 2. The molecule has 3 heterocycles. The van der Waals surface area contributed by atoms with E-state index in [-0.39, 0.29) is 0 Å². The molecule has 116 valence electrons. The zero-order chi connectivity index (χ0) is 16.0. The van der Waals surface area contributed by atoms with Crippen LogP contribution >= 0.6 is 43.6 Å². The van der Waals surface area contributed by atoms with Crippen LogP contribution in [-0.2, 0) is 0 Å². The molecule has 0 radical (unpaired) electrons. The van der Waals surface area contributed by atoms with Crippen molar-refractivity contribution in [2.24, 2.45) is 0 Å². The largest absolute Gasteiger partial charge is 0.329 e. The van der Waals surface area contributed by atoms with Crippen molar-refractivity contribution in [2.75, 3.05) is 10.8 Å². The van der Waals surface area contributed by atoms with Crippen molar-refractivity contribution < 1.29 is 0 Å². The normalized spacial score (nSPS) is 14.6. The van der Waals surface area contributed by atoms with Crippen molar-refractivity contribution in [3.05, 3.63) is 68.3 Å². The molecule has 0 amide bonds. The van der Waals surface area contributed by atoms with Gasteiger partial charge in [-0.2, -0.15) is 0 Å². The minimum Gasteiger partial charge on any atom is -0.329 e. The average Bonchev–Trinajstić information content (AvgIpc) is 3.11. The topological polar surface area (TPSA) is 20.5 Å². The van der Waals surface area contributed by atoms with Crippen LogP contribution in [0.25, 0.3) is 11.3 Å². The summed E-state index contributed by atoms with van der Waals surface area (Å²) in [7, 11) is 0. The Balaban J connectivity index is 1.84. The minimum absolute atomic E-state index is 0.914. The van der Waals surface area contributed by atoms with Crippen molar-refractivity contribution in [3.8, 4) is 0 Å². The van der Waals surface area contributed by atoms with Gasteiger partial charge < -0.3 is 4.90 Å². The monoisotopic (exact) mass is 449 g/mol. The third kappa shape index (κ3) is 2.73. The number of benzene rings is 1. The third-order valence-electron chi connectivity index (χ3n) is 3.83. The lowest BCUT2D eigenvalue weighted by molar-refractivity contribution is 1.10. The third-order valence-corrected chi connectivity index (χ3v) is 5.62. The van der Waals surface area contributed by atoms with Gasteiger partial charge in [0.2, 0.25) is 0 Å². The van der Waals surface area contributed by atoms with Gasteiger partial charge in [-0.15, -0.1) is 11.8 Å². The standard InChI is InChI=1S/C17H13Br2N3S/c1-11-17(21-8-13(19)4-7-16(21)20-11)15-9-23-10-22(15)14-5-2-12(18)3-6-14/h2-9H,10H2,1H3. The SMILES string of the molecule is Cc1nc2ccc(Br)cn2c1C1=CSCN1c1ccc(Br)cc1. The zero-order valence-electron chi connectivity index (χ0n) is 12.3. The number of aromatic nitrogens is 2. The molecule has 0 atom stereocenters. The number of fused-ring (bicyclic) bond motifs is 1. The van der Waals surface area contributed by atoms with E-state index in [1.165, 1.54) is 11.4 Å². The molecule has 1 aliphatic rings. The molecule has 0 saturated heterocycles. The molecule has 1 aromatic carbocycles. The molecule has 0 unspecified atom stereocenters. The molecular weight excluding hydrogens is 438 g/mol. The molecule has 0 aliphatic carbocycles. The predicted octanol–water partition coefficient (Wildman–Crippen LogP) is 5.68. The highest BCUT2D eigenvalue weighted by molar-refractivity contribution is 9.10. The summed E-state index contributed by atoms with van der Waals surface area (Å²) in [6.07, 6.45) is 2.08. The molecule has 0 fully saturated rings. The summed E-state index contributed by atoms with van der Waals surface area (Å²) in [6.45, 7) is 2.07. The van der Waals surface area contributed by atoms with Gasteiger partial charge in [-0.1, -0.05) is 15.9 Å². The molecule has 3 aromatic rings. The maximum Gasteiger partial charge on any atom is 0.137 e. The zero-order valence-corrected chi connectivity index (χ0v) is 16.3. The number of pyridine rings is 1. The molecular formula is C17H13Br2N3S. The van der Waals surface area contributed by atoms with Gasteiger partial charge in [-0.05, 0) is 64.7 Å².